The maximum Gasteiger partial charge on any atom is 0.252 e. The van der Waals surface area contributed by atoms with E-state index in [0.29, 0.717) is 0 Å². The molecule has 0 unspecified atom stereocenters. The Kier molecular flexibility index (Phi) is 2.84. The molecule has 2 heterocycles. The second kappa shape index (κ2) is 4.32. The highest BCUT2D eigenvalue weighted by molar-refractivity contribution is 6.05. The molecular formula is C10H11N5O3. The number of anilines is 2. The molecule has 8 nitrogen and oxygen atoms in total. The quantitative estimate of drug-likeness (QED) is 0.531. The molecule has 0 aromatic carbocycles. The van der Waals surface area contributed by atoms with E-state index in [4.69, 9.17) is 11.5 Å². The number of nitrogens with one attached hydrogen (secondary N) is 1. The number of piperazine rings is 1. The van der Waals surface area contributed by atoms with Crippen molar-refractivity contribution >= 4 is 29.2 Å². The third kappa shape index (κ3) is 2.21. The molecule has 1 saturated heterocycles. The lowest BCUT2D eigenvalue weighted by Gasteiger charge is -2.27. The first-order valence-electron chi connectivity index (χ1n) is 5.10. The van der Waals surface area contributed by atoms with E-state index in [1.54, 1.807) is 0 Å². The zero-order valence-electron chi connectivity index (χ0n) is 9.34. The normalized spacial score (nSPS) is 15.4. The number of carbonyl (C=O) groups excluding carboxylic acids is 3. The number of aromatic nitrogens is 1. The minimum Gasteiger partial charge on any atom is -0.397 e. The number of carbonyl (C=O) groups is 3. The van der Waals surface area contributed by atoms with Crippen LogP contribution in [0, 0.1) is 0 Å². The van der Waals surface area contributed by atoms with E-state index in [-0.39, 0.29) is 30.2 Å². The van der Waals surface area contributed by atoms with Crippen LogP contribution in [0.4, 0.5) is 11.5 Å². The van der Waals surface area contributed by atoms with E-state index in [2.05, 4.69) is 10.3 Å². The van der Waals surface area contributed by atoms with Crippen LogP contribution in [0.3, 0.4) is 0 Å². The van der Waals surface area contributed by atoms with Gasteiger partial charge in [0.25, 0.3) is 5.91 Å². The molecule has 1 aromatic rings. The van der Waals surface area contributed by atoms with Crippen molar-refractivity contribution in [2.24, 2.45) is 5.73 Å². The maximum absolute atomic E-state index is 11.3. The van der Waals surface area contributed by atoms with Gasteiger partial charge in [-0.15, -0.1) is 0 Å². The lowest BCUT2D eigenvalue weighted by atomic mass is 10.2. The third-order valence-electron chi connectivity index (χ3n) is 2.40. The summed E-state index contributed by atoms with van der Waals surface area (Å²) >= 11 is 0. The van der Waals surface area contributed by atoms with E-state index in [0.717, 1.165) is 0 Å². The molecule has 0 atom stereocenters. The smallest absolute Gasteiger partial charge is 0.252 e. The van der Waals surface area contributed by atoms with Gasteiger partial charge in [0.15, 0.2) is 0 Å². The average molecular weight is 249 g/mol. The van der Waals surface area contributed by atoms with Crippen LogP contribution in [0.1, 0.15) is 10.4 Å². The van der Waals surface area contributed by atoms with Crippen molar-refractivity contribution in [3.63, 3.8) is 0 Å². The van der Waals surface area contributed by atoms with Gasteiger partial charge in [-0.3, -0.25) is 19.7 Å². The lowest BCUT2D eigenvalue weighted by Crippen LogP contribution is -2.52. The fourth-order valence-electron chi connectivity index (χ4n) is 1.69. The van der Waals surface area contributed by atoms with Gasteiger partial charge in [-0.05, 0) is 6.07 Å². The van der Waals surface area contributed by atoms with Crippen molar-refractivity contribution in [3.05, 3.63) is 17.8 Å². The summed E-state index contributed by atoms with van der Waals surface area (Å²) in [4.78, 5) is 39.2. The number of nitrogen functional groups attached to an aromatic ring is 1. The molecule has 94 valence electrons. The average Bonchev–Trinajstić information content (AvgIpc) is 2.27. The first-order chi connectivity index (χ1) is 8.47. The second-order valence-electron chi connectivity index (χ2n) is 3.83. The van der Waals surface area contributed by atoms with Gasteiger partial charge in [0, 0.05) is 0 Å². The van der Waals surface area contributed by atoms with E-state index in [1.165, 1.54) is 17.2 Å². The molecule has 0 spiro atoms. The molecule has 18 heavy (non-hydrogen) atoms. The predicted molar refractivity (Wildman–Crippen MR) is 62.5 cm³/mol. The zero-order valence-corrected chi connectivity index (χ0v) is 9.34. The fraction of sp³-hybridized carbons (Fsp3) is 0.200. The Morgan fingerprint density at radius 1 is 1.33 bits per heavy atom. The molecule has 3 amide bonds. The van der Waals surface area contributed by atoms with Crippen molar-refractivity contribution in [2.75, 3.05) is 23.7 Å². The fourth-order valence-corrected chi connectivity index (χ4v) is 1.69. The van der Waals surface area contributed by atoms with Gasteiger partial charge in [0.1, 0.15) is 5.82 Å². The summed E-state index contributed by atoms with van der Waals surface area (Å²) in [5.74, 6) is -1.45. The molecule has 5 N–H and O–H groups in total. The first kappa shape index (κ1) is 11.8. The van der Waals surface area contributed by atoms with Crippen LogP contribution in [0.15, 0.2) is 12.3 Å². The van der Waals surface area contributed by atoms with E-state index >= 15 is 0 Å². The summed E-state index contributed by atoms with van der Waals surface area (Å²) in [5, 5.41) is 2.15. The highest BCUT2D eigenvalue weighted by Crippen LogP contribution is 2.20. The Bertz CT molecular complexity index is 526. The monoisotopic (exact) mass is 249 g/mol. The molecule has 0 bridgehead atoms. The highest BCUT2D eigenvalue weighted by atomic mass is 16.2. The molecule has 8 heteroatoms. The number of nitrogens with zero attached hydrogens (tertiary/aromatic N) is 2. The molecule has 1 aliphatic rings. The number of nitrogens with two attached hydrogens (primary N) is 2. The minimum atomic E-state index is -0.719. The van der Waals surface area contributed by atoms with Gasteiger partial charge >= 0.3 is 0 Å². The zero-order chi connectivity index (χ0) is 13.3. The SMILES string of the molecule is NC(=O)c1cc(N)cnc1N1CC(=O)NC(=O)C1. The summed E-state index contributed by atoms with van der Waals surface area (Å²) in [5.41, 5.74) is 11.1. The van der Waals surface area contributed by atoms with Crippen LogP contribution in [0.5, 0.6) is 0 Å². The van der Waals surface area contributed by atoms with Crippen LogP contribution >= 0.6 is 0 Å². The number of imide groups is 1. The molecular weight excluding hydrogens is 238 g/mol. The van der Waals surface area contributed by atoms with Gasteiger partial charge < -0.3 is 16.4 Å². The van der Waals surface area contributed by atoms with Crippen LogP contribution in [-0.2, 0) is 9.59 Å². The number of hydrogen-bond acceptors (Lipinski definition) is 6. The Morgan fingerprint density at radius 2 is 1.94 bits per heavy atom. The minimum absolute atomic E-state index is 0.0665. The molecule has 1 aliphatic heterocycles. The summed E-state index contributed by atoms with van der Waals surface area (Å²) in [6.07, 6.45) is 1.33. The van der Waals surface area contributed by atoms with Gasteiger partial charge in [0.2, 0.25) is 11.8 Å². The molecule has 1 aromatic heterocycles. The van der Waals surface area contributed by atoms with Crippen LogP contribution in [-0.4, -0.2) is 35.8 Å². The standard InChI is InChI=1S/C10H11N5O3/c11-5-1-6(9(12)18)10(13-2-5)15-3-7(16)14-8(17)4-15/h1-2H,3-4,11H2,(H2,12,18)(H,14,16,17). The maximum atomic E-state index is 11.3. The molecule has 0 radical (unpaired) electrons. The Morgan fingerprint density at radius 3 is 2.50 bits per heavy atom. The predicted octanol–water partition coefficient (Wildman–Crippen LogP) is -1.77. The van der Waals surface area contributed by atoms with Crippen molar-refractivity contribution in [1.82, 2.24) is 10.3 Å². The van der Waals surface area contributed by atoms with Crippen LogP contribution in [0.25, 0.3) is 0 Å². The molecule has 1 fully saturated rings. The summed E-state index contributed by atoms with van der Waals surface area (Å²) in [6, 6.07) is 1.36. The van der Waals surface area contributed by atoms with Gasteiger partial charge in [-0.1, -0.05) is 0 Å². The van der Waals surface area contributed by atoms with Gasteiger partial charge in [-0.25, -0.2) is 4.98 Å². The molecule has 0 saturated carbocycles. The number of pyridine rings is 1. The number of primary amides is 1. The Labute approximate surface area is 102 Å². The van der Waals surface area contributed by atoms with E-state index < -0.39 is 17.7 Å². The summed E-state index contributed by atoms with van der Waals surface area (Å²) < 4.78 is 0. The molecule has 2 rings (SSSR count). The van der Waals surface area contributed by atoms with Crippen LogP contribution in [0.2, 0.25) is 0 Å². The Hall–Kier alpha value is -2.64. The lowest BCUT2D eigenvalue weighted by molar-refractivity contribution is -0.130. The van der Waals surface area contributed by atoms with Crippen molar-refractivity contribution < 1.29 is 14.4 Å². The number of hydrogen-bond donors (Lipinski definition) is 3. The largest absolute Gasteiger partial charge is 0.397 e. The third-order valence-corrected chi connectivity index (χ3v) is 2.40. The number of amides is 3. The topological polar surface area (TPSA) is 131 Å². The second-order valence-corrected chi connectivity index (χ2v) is 3.83. The Balaban J connectivity index is 2.41. The summed E-state index contributed by atoms with van der Waals surface area (Å²) in [7, 11) is 0. The van der Waals surface area contributed by atoms with Gasteiger partial charge in [0.05, 0.1) is 30.5 Å². The van der Waals surface area contributed by atoms with Crippen molar-refractivity contribution in [1.29, 1.82) is 0 Å². The molecule has 0 aliphatic carbocycles. The van der Waals surface area contributed by atoms with E-state index in [1.807, 2.05) is 0 Å². The van der Waals surface area contributed by atoms with E-state index in [9.17, 15) is 14.4 Å². The van der Waals surface area contributed by atoms with Crippen molar-refractivity contribution in [3.8, 4) is 0 Å². The summed E-state index contributed by atoms with van der Waals surface area (Å²) in [6.45, 7) is -0.133. The van der Waals surface area contributed by atoms with Crippen LogP contribution < -0.4 is 21.7 Å². The van der Waals surface area contributed by atoms with Crippen molar-refractivity contribution in [2.45, 2.75) is 0 Å². The number of rotatable bonds is 2. The highest BCUT2D eigenvalue weighted by Gasteiger charge is 2.26. The van der Waals surface area contributed by atoms with Gasteiger partial charge in [-0.2, -0.15) is 0 Å². The first-order valence-corrected chi connectivity index (χ1v) is 5.10.